The molecule has 0 saturated carbocycles. The Kier molecular flexibility index (Phi) is 5.18. The molecule has 3 heterocycles. The SMILES string of the molecule is O=C(NCCc1ccccn1)c1cn2nc(-c3ccc(Cl)c(Cl)c3)ncc2n1. The fraction of sp³-hybridized carbons (Fsp3) is 0.105. The normalized spacial score (nSPS) is 10.9. The van der Waals surface area contributed by atoms with Crippen LogP contribution in [-0.2, 0) is 6.42 Å². The number of imidazole rings is 1. The summed E-state index contributed by atoms with van der Waals surface area (Å²) in [7, 11) is 0. The Labute approximate surface area is 170 Å². The molecular formula is C19H14Cl2N6O. The maximum atomic E-state index is 12.4. The number of amides is 1. The van der Waals surface area contributed by atoms with Crippen molar-refractivity contribution in [3.63, 3.8) is 0 Å². The van der Waals surface area contributed by atoms with Gasteiger partial charge in [0.2, 0.25) is 0 Å². The second-order valence-electron chi connectivity index (χ2n) is 5.97. The molecule has 9 heteroatoms. The van der Waals surface area contributed by atoms with E-state index in [1.807, 2.05) is 18.2 Å². The summed E-state index contributed by atoms with van der Waals surface area (Å²) in [6.45, 7) is 0.462. The summed E-state index contributed by atoms with van der Waals surface area (Å²) in [5.41, 5.74) is 2.36. The third kappa shape index (κ3) is 3.95. The smallest absolute Gasteiger partial charge is 0.271 e. The molecule has 4 rings (SSSR count). The lowest BCUT2D eigenvalue weighted by atomic mass is 10.2. The monoisotopic (exact) mass is 412 g/mol. The molecule has 0 aliphatic carbocycles. The maximum Gasteiger partial charge on any atom is 0.271 e. The van der Waals surface area contributed by atoms with Crippen molar-refractivity contribution < 1.29 is 4.79 Å². The Morgan fingerprint density at radius 3 is 2.79 bits per heavy atom. The van der Waals surface area contributed by atoms with E-state index in [2.05, 4.69) is 25.4 Å². The van der Waals surface area contributed by atoms with Gasteiger partial charge in [-0.15, -0.1) is 5.10 Å². The van der Waals surface area contributed by atoms with Crippen LogP contribution in [0.15, 0.2) is 55.0 Å². The summed E-state index contributed by atoms with van der Waals surface area (Å²) in [5.74, 6) is 0.170. The van der Waals surface area contributed by atoms with Gasteiger partial charge in [0.05, 0.1) is 22.4 Å². The highest BCUT2D eigenvalue weighted by Gasteiger charge is 2.13. The molecule has 0 aliphatic heterocycles. The highest BCUT2D eigenvalue weighted by atomic mass is 35.5. The van der Waals surface area contributed by atoms with Crippen LogP contribution < -0.4 is 5.32 Å². The van der Waals surface area contributed by atoms with Gasteiger partial charge in [0, 0.05) is 30.4 Å². The number of rotatable bonds is 5. The van der Waals surface area contributed by atoms with Crippen LogP contribution in [0.2, 0.25) is 10.0 Å². The van der Waals surface area contributed by atoms with E-state index >= 15 is 0 Å². The Hall–Kier alpha value is -3.03. The molecule has 1 amide bonds. The lowest BCUT2D eigenvalue weighted by Crippen LogP contribution is -2.26. The Bertz CT molecular complexity index is 1150. The van der Waals surface area contributed by atoms with Crippen molar-refractivity contribution in [2.45, 2.75) is 6.42 Å². The van der Waals surface area contributed by atoms with Crippen LogP contribution in [0.3, 0.4) is 0 Å². The van der Waals surface area contributed by atoms with Gasteiger partial charge in [-0.25, -0.2) is 14.5 Å². The molecule has 3 aromatic heterocycles. The summed E-state index contributed by atoms with van der Waals surface area (Å²) in [4.78, 5) is 25.1. The Balaban J connectivity index is 1.49. The lowest BCUT2D eigenvalue weighted by molar-refractivity contribution is 0.0949. The van der Waals surface area contributed by atoms with Gasteiger partial charge < -0.3 is 5.32 Å². The number of hydrogen-bond donors (Lipinski definition) is 1. The van der Waals surface area contributed by atoms with Gasteiger partial charge in [-0.05, 0) is 30.3 Å². The number of carbonyl (C=O) groups is 1. The average Bonchev–Trinajstić information content (AvgIpc) is 3.14. The number of halogens is 2. The van der Waals surface area contributed by atoms with Crippen molar-refractivity contribution in [3.05, 3.63) is 76.4 Å². The first-order valence-corrected chi connectivity index (χ1v) is 9.22. The first-order chi connectivity index (χ1) is 13.6. The van der Waals surface area contributed by atoms with E-state index in [9.17, 15) is 4.79 Å². The second kappa shape index (κ2) is 7.92. The topological polar surface area (TPSA) is 85.1 Å². The van der Waals surface area contributed by atoms with Gasteiger partial charge >= 0.3 is 0 Å². The molecule has 140 valence electrons. The number of benzene rings is 1. The Morgan fingerprint density at radius 2 is 2.00 bits per heavy atom. The number of nitrogens with one attached hydrogen (secondary N) is 1. The zero-order valence-corrected chi connectivity index (χ0v) is 16.0. The first kappa shape index (κ1) is 18.3. The van der Waals surface area contributed by atoms with E-state index in [0.29, 0.717) is 40.0 Å². The number of nitrogens with zero attached hydrogens (tertiary/aromatic N) is 5. The van der Waals surface area contributed by atoms with E-state index in [4.69, 9.17) is 23.2 Å². The van der Waals surface area contributed by atoms with Gasteiger partial charge in [0.15, 0.2) is 11.5 Å². The molecule has 1 N–H and O–H groups in total. The van der Waals surface area contributed by atoms with Gasteiger partial charge in [0.1, 0.15) is 5.69 Å². The van der Waals surface area contributed by atoms with Crippen LogP contribution in [0.4, 0.5) is 0 Å². The first-order valence-electron chi connectivity index (χ1n) is 8.46. The van der Waals surface area contributed by atoms with E-state index < -0.39 is 0 Å². The van der Waals surface area contributed by atoms with Crippen molar-refractivity contribution in [3.8, 4) is 11.4 Å². The van der Waals surface area contributed by atoms with Gasteiger partial charge in [-0.2, -0.15) is 0 Å². The average molecular weight is 413 g/mol. The van der Waals surface area contributed by atoms with Crippen LogP contribution >= 0.6 is 23.2 Å². The van der Waals surface area contributed by atoms with E-state index in [-0.39, 0.29) is 11.6 Å². The van der Waals surface area contributed by atoms with Gasteiger partial charge in [-0.1, -0.05) is 29.3 Å². The minimum absolute atomic E-state index is 0.265. The van der Waals surface area contributed by atoms with Gasteiger partial charge in [0.25, 0.3) is 5.91 Å². The largest absolute Gasteiger partial charge is 0.350 e. The molecule has 0 spiro atoms. The highest BCUT2D eigenvalue weighted by molar-refractivity contribution is 6.42. The molecule has 0 unspecified atom stereocenters. The van der Waals surface area contributed by atoms with Crippen molar-refractivity contribution in [2.24, 2.45) is 0 Å². The molecule has 0 atom stereocenters. The van der Waals surface area contributed by atoms with Crippen molar-refractivity contribution in [2.75, 3.05) is 6.54 Å². The van der Waals surface area contributed by atoms with E-state index in [0.717, 1.165) is 5.69 Å². The molecule has 4 aromatic rings. The molecule has 0 bridgehead atoms. The van der Waals surface area contributed by atoms with Crippen molar-refractivity contribution in [1.29, 1.82) is 0 Å². The predicted molar refractivity (Wildman–Crippen MR) is 107 cm³/mol. The Morgan fingerprint density at radius 1 is 1.11 bits per heavy atom. The third-order valence-corrected chi connectivity index (χ3v) is 4.76. The standard InChI is InChI=1S/C19H14Cl2N6O/c20-14-5-4-12(9-15(14)21)18-24-10-17-25-16(11-27(17)26-18)19(28)23-8-6-13-3-1-2-7-22-13/h1-5,7,9-11H,6,8H2,(H,23,28). The highest BCUT2D eigenvalue weighted by Crippen LogP contribution is 2.26. The minimum Gasteiger partial charge on any atom is -0.350 e. The number of aromatic nitrogens is 5. The van der Waals surface area contributed by atoms with Crippen LogP contribution in [0.25, 0.3) is 17.0 Å². The third-order valence-electron chi connectivity index (χ3n) is 4.02. The number of fused-ring (bicyclic) bond motifs is 1. The summed E-state index contributed by atoms with van der Waals surface area (Å²) >= 11 is 12.0. The molecular weight excluding hydrogens is 399 g/mol. The summed E-state index contributed by atoms with van der Waals surface area (Å²) in [6.07, 6.45) is 5.48. The number of pyridine rings is 1. The molecule has 0 radical (unpaired) electrons. The number of carbonyl (C=O) groups excluding carboxylic acids is 1. The zero-order valence-electron chi connectivity index (χ0n) is 14.5. The van der Waals surface area contributed by atoms with Crippen molar-refractivity contribution >= 4 is 34.8 Å². The molecule has 1 aromatic carbocycles. The molecule has 0 fully saturated rings. The molecule has 28 heavy (non-hydrogen) atoms. The summed E-state index contributed by atoms with van der Waals surface area (Å²) in [5, 5.41) is 8.11. The van der Waals surface area contributed by atoms with Crippen LogP contribution in [0.5, 0.6) is 0 Å². The van der Waals surface area contributed by atoms with Crippen LogP contribution in [0, 0.1) is 0 Å². The quantitative estimate of drug-likeness (QED) is 0.542. The lowest BCUT2D eigenvalue weighted by Gasteiger charge is -2.02. The van der Waals surface area contributed by atoms with Crippen LogP contribution in [-0.4, -0.2) is 37.0 Å². The van der Waals surface area contributed by atoms with E-state index in [1.165, 1.54) is 4.52 Å². The fourth-order valence-corrected chi connectivity index (χ4v) is 2.92. The van der Waals surface area contributed by atoms with E-state index in [1.54, 1.807) is 36.8 Å². The van der Waals surface area contributed by atoms with Gasteiger partial charge in [-0.3, -0.25) is 9.78 Å². The minimum atomic E-state index is -0.280. The second-order valence-corrected chi connectivity index (χ2v) is 6.78. The molecule has 0 aliphatic rings. The van der Waals surface area contributed by atoms with Crippen LogP contribution in [0.1, 0.15) is 16.2 Å². The van der Waals surface area contributed by atoms with Crippen molar-refractivity contribution in [1.82, 2.24) is 29.9 Å². The fourth-order valence-electron chi connectivity index (χ4n) is 2.62. The maximum absolute atomic E-state index is 12.4. The number of hydrogen-bond acceptors (Lipinski definition) is 5. The summed E-state index contributed by atoms with van der Waals surface area (Å²) < 4.78 is 1.51. The zero-order chi connectivity index (χ0) is 19.5. The predicted octanol–water partition coefficient (Wildman–Crippen LogP) is 3.47. The summed E-state index contributed by atoms with van der Waals surface area (Å²) in [6, 6.07) is 10.8. The molecule has 0 saturated heterocycles. The molecule has 7 nitrogen and oxygen atoms in total.